The molecule has 0 aliphatic carbocycles. The van der Waals surface area contributed by atoms with Crippen molar-refractivity contribution < 1.29 is 19.7 Å². The van der Waals surface area contributed by atoms with Gasteiger partial charge < -0.3 is 20.3 Å². The highest BCUT2D eigenvalue weighted by atomic mass is 35.5. The SMILES string of the molecule is CC(C(=O)O)c1ccccc1OC[C@@H](O)CNC1CCN(Cc2ccc(Cl)cc2)CC1. The topological polar surface area (TPSA) is 82.0 Å². The summed E-state index contributed by atoms with van der Waals surface area (Å²) in [6.07, 6.45) is 1.39. The van der Waals surface area contributed by atoms with Crippen LogP contribution in [0.1, 0.15) is 36.8 Å². The van der Waals surface area contributed by atoms with Gasteiger partial charge in [0.25, 0.3) is 0 Å². The molecule has 0 amide bonds. The fourth-order valence-corrected chi connectivity index (χ4v) is 3.92. The molecule has 1 aliphatic heterocycles. The third-order valence-electron chi connectivity index (χ3n) is 5.74. The number of ether oxygens (including phenoxy) is 1. The minimum Gasteiger partial charge on any atom is -0.491 e. The van der Waals surface area contributed by atoms with E-state index < -0.39 is 18.0 Å². The number of carboxylic acid groups (broad SMARTS) is 1. The van der Waals surface area contributed by atoms with Gasteiger partial charge in [-0.1, -0.05) is 41.9 Å². The van der Waals surface area contributed by atoms with Gasteiger partial charge in [0.05, 0.1) is 5.92 Å². The summed E-state index contributed by atoms with van der Waals surface area (Å²) in [4.78, 5) is 13.7. The molecule has 1 saturated heterocycles. The normalized spacial score (nSPS) is 17.3. The lowest BCUT2D eigenvalue weighted by Gasteiger charge is -2.33. The molecule has 7 heteroatoms. The molecule has 1 aliphatic rings. The van der Waals surface area contributed by atoms with Crippen molar-refractivity contribution in [2.24, 2.45) is 0 Å². The van der Waals surface area contributed by atoms with Crippen LogP contribution in [0.3, 0.4) is 0 Å². The number of likely N-dealkylation sites (tertiary alicyclic amines) is 1. The van der Waals surface area contributed by atoms with Gasteiger partial charge in [-0.2, -0.15) is 0 Å². The predicted molar refractivity (Wildman–Crippen MR) is 122 cm³/mol. The van der Waals surface area contributed by atoms with Crippen molar-refractivity contribution in [2.75, 3.05) is 26.2 Å². The summed E-state index contributed by atoms with van der Waals surface area (Å²) in [7, 11) is 0. The molecule has 2 atom stereocenters. The molecule has 1 unspecified atom stereocenters. The Kier molecular flexibility index (Phi) is 8.72. The van der Waals surface area contributed by atoms with Crippen molar-refractivity contribution in [2.45, 2.75) is 44.4 Å². The van der Waals surface area contributed by atoms with Gasteiger partial charge >= 0.3 is 5.97 Å². The molecule has 1 fully saturated rings. The first-order valence-electron chi connectivity index (χ1n) is 10.7. The van der Waals surface area contributed by atoms with E-state index in [-0.39, 0.29) is 6.61 Å². The van der Waals surface area contributed by atoms with Crippen LogP contribution < -0.4 is 10.1 Å². The summed E-state index contributed by atoms with van der Waals surface area (Å²) in [6, 6.07) is 15.4. The van der Waals surface area contributed by atoms with Crippen molar-refractivity contribution in [1.29, 1.82) is 0 Å². The minimum absolute atomic E-state index is 0.117. The van der Waals surface area contributed by atoms with Gasteiger partial charge in [0.2, 0.25) is 0 Å². The lowest BCUT2D eigenvalue weighted by molar-refractivity contribution is -0.138. The molecule has 1 heterocycles. The standard InChI is InChI=1S/C24H31ClN2O4/c1-17(24(29)30)22-4-2-3-5-23(22)31-16-21(28)14-26-20-10-12-27(13-11-20)15-18-6-8-19(25)9-7-18/h2-9,17,20-21,26,28H,10-16H2,1H3,(H,29,30)/t17?,21-/m0/s1. The van der Waals surface area contributed by atoms with Crippen LogP contribution >= 0.6 is 11.6 Å². The van der Waals surface area contributed by atoms with E-state index in [1.807, 2.05) is 12.1 Å². The minimum atomic E-state index is -0.902. The molecule has 3 rings (SSSR count). The van der Waals surface area contributed by atoms with Gasteiger partial charge in [0, 0.05) is 29.7 Å². The number of benzene rings is 2. The van der Waals surface area contributed by atoms with Crippen LogP contribution in [-0.4, -0.2) is 59.5 Å². The smallest absolute Gasteiger partial charge is 0.310 e. The van der Waals surface area contributed by atoms with E-state index in [1.54, 1.807) is 31.2 Å². The molecule has 6 nitrogen and oxygen atoms in total. The van der Waals surface area contributed by atoms with Gasteiger partial charge in [-0.3, -0.25) is 9.69 Å². The number of piperidine rings is 1. The maximum Gasteiger partial charge on any atom is 0.310 e. The first kappa shape index (κ1) is 23.5. The Labute approximate surface area is 188 Å². The van der Waals surface area contributed by atoms with Crippen molar-refractivity contribution in [3.8, 4) is 5.75 Å². The quantitative estimate of drug-likeness (QED) is 0.518. The highest BCUT2D eigenvalue weighted by Crippen LogP contribution is 2.26. The summed E-state index contributed by atoms with van der Waals surface area (Å²) in [5, 5.41) is 23.8. The monoisotopic (exact) mass is 446 g/mol. The lowest BCUT2D eigenvalue weighted by Crippen LogP contribution is -2.45. The van der Waals surface area contributed by atoms with E-state index in [4.69, 9.17) is 16.3 Å². The van der Waals surface area contributed by atoms with E-state index in [0.29, 0.717) is 23.9 Å². The largest absolute Gasteiger partial charge is 0.491 e. The maximum atomic E-state index is 11.3. The van der Waals surface area contributed by atoms with Gasteiger partial charge in [0.1, 0.15) is 18.5 Å². The number of aliphatic hydroxyl groups is 1. The van der Waals surface area contributed by atoms with Crippen LogP contribution in [0.4, 0.5) is 0 Å². The second kappa shape index (κ2) is 11.5. The van der Waals surface area contributed by atoms with Crippen LogP contribution in [0, 0.1) is 0 Å². The molecule has 2 aromatic carbocycles. The Morgan fingerprint density at radius 1 is 1.19 bits per heavy atom. The number of nitrogens with one attached hydrogen (secondary N) is 1. The molecule has 168 valence electrons. The number of para-hydroxylation sites is 1. The molecule has 0 bridgehead atoms. The van der Waals surface area contributed by atoms with E-state index in [2.05, 4.69) is 22.3 Å². The Hall–Kier alpha value is -2.12. The summed E-state index contributed by atoms with van der Waals surface area (Å²) >= 11 is 5.95. The number of aliphatic hydroxyl groups excluding tert-OH is 1. The van der Waals surface area contributed by atoms with Crippen LogP contribution in [0.25, 0.3) is 0 Å². The molecule has 0 aromatic heterocycles. The third-order valence-corrected chi connectivity index (χ3v) is 5.99. The Morgan fingerprint density at radius 2 is 1.87 bits per heavy atom. The van der Waals surface area contributed by atoms with Gasteiger partial charge in [-0.15, -0.1) is 0 Å². The molecule has 0 spiro atoms. The first-order chi connectivity index (χ1) is 14.9. The fourth-order valence-electron chi connectivity index (χ4n) is 3.79. The van der Waals surface area contributed by atoms with Crippen molar-refractivity contribution >= 4 is 17.6 Å². The molecule has 31 heavy (non-hydrogen) atoms. The summed E-state index contributed by atoms with van der Waals surface area (Å²) in [5.41, 5.74) is 1.88. The zero-order chi connectivity index (χ0) is 22.2. The molecular weight excluding hydrogens is 416 g/mol. The zero-order valence-electron chi connectivity index (χ0n) is 17.8. The van der Waals surface area contributed by atoms with Gasteiger partial charge in [-0.25, -0.2) is 0 Å². The van der Waals surface area contributed by atoms with Gasteiger partial charge in [-0.05, 0) is 56.6 Å². The second-order valence-electron chi connectivity index (χ2n) is 8.15. The number of nitrogens with zero attached hydrogens (tertiary/aromatic N) is 1. The number of halogens is 1. The number of carbonyl (C=O) groups is 1. The number of carboxylic acids is 1. The van der Waals surface area contributed by atoms with E-state index in [1.165, 1.54) is 5.56 Å². The van der Waals surface area contributed by atoms with Crippen molar-refractivity contribution in [3.63, 3.8) is 0 Å². The molecular formula is C24H31ClN2O4. The van der Waals surface area contributed by atoms with Crippen LogP contribution in [0.5, 0.6) is 5.75 Å². The second-order valence-corrected chi connectivity index (χ2v) is 8.58. The summed E-state index contributed by atoms with van der Waals surface area (Å²) in [5.74, 6) is -1.06. The highest BCUT2D eigenvalue weighted by molar-refractivity contribution is 6.30. The predicted octanol–water partition coefficient (Wildman–Crippen LogP) is 3.52. The van der Waals surface area contributed by atoms with E-state index in [9.17, 15) is 15.0 Å². The van der Waals surface area contributed by atoms with E-state index in [0.717, 1.165) is 37.5 Å². The molecule has 3 N–H and O–H groups in total. The fraction of sp³-hybridized carbons (Fsp3) is 0.458. The first-order valence-corrected chi connectivity index (χ1v) is 11.1. The molecule has 0 radical (unpaired) electrons. The molecule has 2 aromatic rings. The Bertz CT molecular complexity index is 838. The van der Waals surface area contributed by atoms with Crippen LogP contribution in [0.2, 0.25) is 5.02 Å². The zero-order valence-corrected chi connectivity index (χ0v) is 18.6. The average Bonchev–Trinajstić information content (AvgIpc) is 2.78. The van der Waals surface area contributed by atoms with Crippen LogP contribution in [-0.2, 0) is 11.3 Å². The van der Waals surface area contributed by atoms with Crippen molar-refractivity contribution in [3.05, 3.63) is 64.7 Å². The lowest BCUT2D eigenvalue weighted by atomic mass is 10.0. The Morgan fingerprint density at radius 3 is 2.55 bits per heavy atom. The average molecular weight is 447 g/mol. The summed E-state index contributed by atoms with van der Waals surface area (Å²) < 4.78 is 5.73. The molecule has 0 saturated carbocycles. The number of rotatable bonds is 10. The van der Waals surface area contributed by atoms with Crippen molar-refractivity contribution in [1.82, 2.24) is 10.2 Å². The van der Waals surface area contributed by atoms with Gasteiger partial charge in [0.15, 0.2) is 0 Å². The maximum absolute atomic E-state index is 11.3. The van der Waals surface area contributed by atoms with Crippen LogP contribution in [0.15, 0.2) is 48.5 Å². The number of hydrogen-bond donors (Lipinski definition) is 3. The highest BCUT2D eigenvalue weighted by Gasteiger charge is 2.21. The van der Waals surface area contributed by atoms with E-state index >= 15 is 0 Å². The Balaban J connectivity index is 1.38. The number of hydrogen-bond acceptors (Lipinski definition) is 5. The summed E-state index contributed by atoms with van der Waals surface area (Å²) in [6.45, 7) is 5.13. The third kappa shape index (κ3) is 7.21. The number of aliphatic carboxylic acids is 1.